The molecule has 3 nitrogen and oxygen atoms in total. The van der Waals surface area contributed by atoms with E-state index < -0.39 is 5.62 Å². The molecule has 1 aliphatic rings. The molecule has 4 aromatic carbocycles. The van der Waals surface area contributed by atoms with Crippen molar-refractivity contribution in [2.45, 2.75) is 5.62 Å². The third kappa shape index (κ3) is 2.20. The number of benzene rings is 4. The Bertz CT molecular complexity index is 1420. The normalized spacial score (nSPS) is 16.2. The zero-order chi connectivity index (χ0) is 18.7. The first-order chi connectivity index (χ1) is 13.8. The number of halogens is 1. The Hall–Kier alpha value is -3.30. The lowest BCUT2D eigenvalue weighted by Crippen LogP contribution is -2.21. The van der Waals surface area contributed by atoms with Crippen molar-refractivity contribution in [3.63, 3.8) is 0 Å². The molecule has 1 N–H and O–H groups in total. The van der Waals surface area contributed by atoms with Crippen molar-refractivity contribution in [3.05, 3.63) is 90.2 Å². The molecule has 0 saturated heterocycles. The van der Waals surface area contributed by atoms with Crippen LogP contribution in [0.5, 0.6) is 0 Å². The fourth-order valence-corrected chi connectivity index (χ4v) is 4.33. The molecule has 0 amide bonds. The summed E-state index contributed by atoms with van der Waals surface area (Å²) in [6.07, 6.45) is 0. The minimum atomic E-state index is -0.547. The molecule has 1 aromatic heterocycles. The number of hydrogen-bond donors (Lipinski definition) is 1. The SMILES string of the molecule is ClC1N=C(c2cc3ccccc3c3ccccc23)c2oc3ccccc3c2N1. The minimum Gasteiger partial charge on any atom is -0.452 e. The average Bonchev–Trinajstić information content (AvgIpc) is 3.11. The predicted molar refractivity (Wildman–Crippen MR) is 117 cm³/mol. The van der Waals surface area contributed by atoms with Crippen LogP contribution in [0, 0.1) is 0 Å². The number of aliphatic imine (C=N–C) groups is 1. The standard InChI is InChI=1S/C24H15ClN2O/c25-24-26-21-18-11-5-6-12-20(18)28-23(21)22(27-24)19-13-14-7-1-2-8-15(14)16-9-3-4-10-17(16)19/h1-13,24,26H. The molecule has 0 aliphatic carbocycles. The maximum Gasteiger partial charge on any atom is 0.196 e. The summed E-state index contributed by atoms with van der Waals surface area (Å²) in [5, 5.41) is 8.99. The van der Waals surface area contributed by atoms with E-state index in [1.165, 1.54) is 16.2 Å². The van der Waals surface area contributed by atoms with Crippen LogP contribution >= 0.6 is 11.6 Å². The van der Waals surface area contributed by atoms with E-state index in [2.05, 4.69) is 59.9 Å². The summed E-state index contributed by atoms with van der Waals surface area (Å²) < 4.78 is 6.21. The highest BCUT2D eigenvalue weighted by molar-refractivity contribution is 6.30. The number of alkyl halides is 1. The van der Waals surface area contributed by atoms with E-state index >= 15 is 0 Å². The van der Waals surface area contributed by atoms with E-state index in [9.17, 15) is 0 Å². The smallest absolute Gasteiger partial charge is 0.196 e. The van der Waals surface area contributed by atoms with E-state index in [4.69, 9.17) is 21.0 Å². The summed E-state index contributed by atoms with van der Waals surface area (Å²) in [7, 11) is 0. The van der Waals surface area contributed by atoms with Crippen LogP contribution in [0.2, 0.25) is 0 Å². The Balaban J connectivity index is 1.72. The summed E-state index contributed by atoms with van der Waals surface area (Å²) >= 11 is 6.48. The Morgan fingerprint density at radius 2 is 1.46 bits per heavy atom. The Morgan fingerprint density at radius 3 is 2.32 bits per heavy atom. The van der Waals surface area contributed by atoms with Gasteiger partial charge in [0.2, 0.25) is 0 Å². The Labute approximate surface area is 166 Å². The van der Waals surface area contributed by atoms with Crippen molar-refractivity contribution >= 4 is 55.5 Å². The van der Waals surface area contributed by atoms with Crippen LogP contribution in [0.1, 0.15) is 11.3 Å². The van der Waals surface area contributed by atoms with Gasteiger partial charge in [0.15, 0.2) is 11.4 Å². The Kier molecular flexibility index (Phi) is 3.28. The number of anilines is 1. The van der Waals surface area contributed by atoms with Crippen molar-refractivity contribution < 1.29 is 4.42 Å². The van der Waals surface area contributed by atoms with Crippen LogP contribution in [-0.4, -0.2) is 11.3 Å². The molecular formula is C24H15ClN2O. The fourth-order valence-electron chi connectivity index (χ4n) is 4.12. The van der Waals surface area contributed by atoms with Gasteiger partial charge in [-0.3, -0.25) is 0 Å². The highest BCUT2D eigenvalue weighted by atomic mass is 35.5. The first-order valence-corrected chi connectivity index (χ1v) is 9.64. The lowest BCUT2D eigenvalue weighted by molar-refractivity contribution is 0.603. The van der Waals surface area contributed by atoms with Crippen molar-refractivity contribution in [2.24, 2.45) is 4.99 Å². The second kappa shape index (κ2) is 5.85. The predicted octanol–water partition coefficient (Wildman–Crippen LogP) is 6.52. The zero-order valence-corrected chi connectivity index (χ0v) is 15.6. The molecular weight excluding hydrogens is 368 g/mol. The van der Waals surface area contributed by atoms with Gasteiger partial charge in [-0.1, -0.05) is 72.3 Å². The molecule has 1 atom stereocenters. The molecule has 0 radical (unpaired) electrons. The summed E-state index contributed by atoms with van der Waals surface area (Å²) in [5.74, 6) is 0.735. The average molecular weight is 383 g/mol. The van der Waals surface area contributed by atoms with Gasteiger partial charge < -0.3 is 9.73 Å². The molecule has 28 heavy (non-hydrogen) atoms. The summed E-state index contributed by atoms with van der Waals surface area (Å²) in [6, 6.07) is 27.0. The van der Waals surface area contributed by atoms with E-state index in [0.717, 1.165) is 39.1 Å². The summed E-state index contributed by atoms with van der Waals surface area (Å²) in [5.41, 5.74) is 2.99. The van der Waals surface area contributed by atoms with Gasteiger partial charge in [0, 0.05) is 10.9 Å². The maximum absolute atomic E-state index is 6.48. The van der Waals surface area contributed by atoms with Gasteiger partial charge >= 0.3 is 0 Å². The van der Waals surface area contributed by atoms with Crippen LogP contribution < -0.4 is 5.32 Å². The Morgan fingerprint density at radius 1 is 0.786 bits per heavy atom. The molecule has 134 valence electrons. The summed E-state index contributed by atoms with van der Waals surface area (Å²) in [4.78, 5) is 4.72. The molecule has 2 heterocycles. The van der Waals surface area contributed by atoms with Gasteiger partial charge in [-0.2, -0.15) is 0 Å². The van der Waals surface area contributed by atoms with Crippen molar-refractivity contribution in [1.82, 2.24) is 0 Å². The third-order valence-corrected chi connectivity index (χ3v) is 5.55. The zero-order valence-electron chi connectivity index (χ0n) is 14.8. The molecule has 1 aliphatic heterocycles. The molecule has 4 heteroatoms. The summed E-state index contributed by atoms with van der Waals surface area (Å²) in [6.45, 7) is 0. The third-order valence-electron chi connectivity index (χ3n) is 5.34. The van der Waals surface area contributed by atoms with Crippen LogP contribution in [-0.2, 0) is 0 Å². The number of rotatable bonds is 1. The first kappa shape index (κ1) is 15.7. The largest absolute Gasteiger partial charge is 0.452 e. The molecule has 0 fully saturated rings. The van der Waals surface area contributed by atoms with E-state index in [1.807, 2.05) is 24.3 Å². The number of fused-ring (bicyclic) bond motifs is 6. The van der Waals surface area contributed by atoms with E-state index in [-0.39, 0.29) is 0 Å². The highest BCUT2D eigenvalue weighted by Crippen LogP contribution is 2.39. The van der Waals surface area contributed by atoms with Crippen LogP contribution in [0.4, 0.5) is 5.69 Å². The van der Waals surface area contributed by atoms with Gasteiger partial charge in [0.25, 0.3) is 0 Å². The number of nitrogens with zero attached hydrogens (tertiary/aromatic N) is 1. The van der Waals surface area contributed by atoms with Crippen molar-refractivity contribution in [3.8, 4) is 0 Å². The molecule has 1 unspecified atom stereocenters. The van der Waals surface area contributed by atoms with Gasteiger partial charge in [0.05, 0.1) is 5.69 Å². The lowest BCUT2D eigenvalue weighted by atomic mass is 9.93. The maximum atomic E-state index is 6.48. The van der Waals surface area contributed by atoms with Crippen LogP contribution in [0.15, 0.2) is 88.3 Å². The lowest BCUT2D eigenvalue weighted by Gasteiger charge is -2.20. The monoisotopic (exact) mass is 382 g/mol. The number of para-hydroxylation sites is 1. The number of hydrogen-bond acceptors (Lipinski definition) is 3. The van der Waals surface area contributed by atoms with Gasteiger partial charge in [-0.15, -0.1) is 0 Å². The minimum absolute atomic E-state index is 0.547. The quantitative estimate of drug-likeness (QED) is 0.203. The number of furan rings is 1. The van der Waals surface area contributed by atoms with E-state index in [0.29, 0.717) is 0 Å². The number of nitrogens with one attached hydrogen (secondary N) is 1. The molecule has 6 rings (SSSR count). The highest BCUT2D eigenvalue weighted by Gasteiger charge is 2.27. The first-order valence-electron chi connectivity index (χ1n) is 9.21. The molecule has 0 spiro atoms. The van der Waals surface area contributed by atoms with Crippen LogP contribution in [0.25, 0.3) is 32.5 Å². The topological polar surface area (TPSA) is 37.5 Å². The van der Waals surface area contributed by atoms with Crippen molar-refractivity contribution in [2.75, 3.05) is 5.32 Å². The molecule has 0 bridgehead atoms. The second-order valence-electron chi connectivity index (χ2n) is 6.95. The van der Waals surface area contributed by atoms with Crippen molar-refractivity contribution in [1.29, 1.82) is 0 Å². The fraction of sp³-hybridized carbons (Fsp3) is 0.0417. The molecule has 0 saturated carbocycles. The van der Waals surface area contributed by atoms with Crippen LogP contribution in [0.3, 0.4) is 0 Å². The van der Waals surface area contributed by atoms with Gasteiger partial charge in [-0.05, 0) is 39.7 Å². The molecule has 5 aromatic rings. The van der Waals surface area contributed by atoms with E-state index in [1.54, 1.807) is 0 Å². The van der Waals surface area contributed by atoms with Gasteiger partial charge in [0.1, 0.15) is 11.3 Å². The second-order valence-corrected chi connectivity index (χ2v) is 7.36. The van der Waals surface area contributed by atoms with Gasteiger partial charge in [-0.25, -0.2) is 4.99 Å².